The number of thioether (sulfide) groups is 1. The molecule has 0 radical (unpaired) electrons. The first-order valence-corrected chi connectivity index (χ1v) is 10.8. The zero-order valence-electron chi connectivity index (χ0n) is 17.3. The summed E-state index contributed by atoms with van der Waals surface area (Å²) in [4.78, 5) is 47.9. The number of hydrogen-bond acceptors (Lipinski definition) is 5. The molecule has 156 valence electrons. The molecule has 0 aliphatic heterocycles. The molecule has 27 heavy (non-hydrogen) atoms. The van der Waals surface area contributed by atoms with Crippen LogP contribution in [0.25, 0.3) is 0 Å². The van der Waals surface area contributed by atoms with E-state index in [1.165, 1.54) is 6.92 Å². The van der Waals surface area contributed by atoms with Gasteiger partial charge in [-0.2, -0.15) is 11.8 Å². The fourth-order valence-electron chi connectivity index (χ4n) is 2.63. The Balaban J connectivity index is 5.14. The fourth-order valence-corrected chi connectivity index (χ4v) is 3.12. The number of rotatable bonds is 13. The van der Waals surface area contributed by atoms with E-state index in [1.807, 2.05) is 34.0 Å². The van der Waals surface area contributed by atoms with Crippen molar-refractivity contribution in [3.63, 3.8) is 0 Å². The molecule has 0 aliphatic carbocycles. The van der Waals surface area contributed by atoms with E-state index in [9.17, 15) is 19.2 Å². The molecule has 0 aromatic carbocycles. The molecule has 0 aromatic heterocycles. The third-order valence-corrected chi connectivity index (χ3v) is 4.51. The third kappa shape index (κ3) is 11.7. The molecular weight excluding hydrogens is 366 g/mol. The van der Waals surface area contributed by atoms with Crippen molar-refractivity contribution in [2.75, 3.05) is 12.0 Å². The van der Waals surface area contributed by atoms with E-state index in [2.05, 4.69) is 16.0 Å². The first-order valence-electron chi connectivity index (χ1n) is 9.42. The predicted molar refractivity (Wildman–Crippen MR) is 109 cm³/mol. The predicted octanol–water partition coefficient (Wildman–Crippen LogP) is 1.50. The summed E-state index contributed by atoms with van der Waals surface area (Å²) in [5.74, 6) is 0.0814. The minimum absolute atomic E-state index is 0.172. The molecule has 3 atom stereocenters. The Hall–Kier alpha value is -1.57. The van der Waals surface area contributed by atoms with Gasteiger partial charge in [0.15, 0.2) is 0 Å². The van der Waals surface area contributed by atoms with Crippen LogP contribution in [0.4, 0.5) is 0 Å². The van der Waals surface area contributed by atoms with Crippen LogP contribution < -0.4 is 16.0 Å². The van der Waals surface area contributed by atoms with E-state index >= 15 is 0 Å². The van der Waals surface area contributed by atoms with Crippen LogP contribution in [0.2, 0.25) is 0 Å². The zero-order valence-corrected chi connectivity index (χ0v) is 18.2. The minimum Gasteiger partial charge on any atom is -0.345 e. The molecule has 0 fully saturated rings. The maximum atomic E-state index is 12.7. The average Bonchev–Trinajstić information content (AvgIpc) is 2.55. The molecule has 0 unspecified atom stereocenters. The molecule has 0 saturated heterocycles. The maximum Gasteiger partial charge on any atom is 0.243 e. The molecule has 0 aromatic rings. The van der Waals surface area contributed by atoms with E-state index in [1.54, 1.807) is 11.8 Å². The van der Waals surface area contributed by atoms with Crippen molar-refractivity contribution in [1.29, 1.82) is 0 Å². The first-order chi connectivity index (χ1) is 12.6. The highest BCUT2D eigenvalue weighted by molar-refractivity contribution is 7.98. The van der Waals surface area contributed by atoms with Gasteiger partial charge in [0.1, 0.15) is 18.4 Å². The van der Waals surface area contributed by atoms with E-state index in [-0.39, 0.29) is 29.6 Å². The summed E-state index contributed by atoms with van der Waals surface area (Å²) in [5, 5.41) is 8.11. The summed E-state index contributed by atoms with van der Waals surface area (Å²) in [6.07, 6.45) is 4.12. The summed E-state index contributed by atoms with van der Waals surface area (Å²) in [5.41, 5.74) is 0. The van der Waals surface area contributed by atoms with E-state index < -0.39 is 18.1 Å². The van der Waals surface area contributed by atoms with Crippen LogP contribution in [0.3, 0.4) is 0 Å². The normalized spacial score (nSPS) is 14.4. The van der Waals surface area contributed by atoms with E-state index in [4.69, 9.17) is 0 Å². The van der Waals surface area contributed by atoms with Gasteiger partial charge in [0.05, 0.1) is 6.04 Å². The first kappa shape index (κ1) is 25.4. The van der Waals surface area contributed by atoms with Gasteiger partial charge in [-0.3, -0.25) is 14.4 Å². The molecule has 0 spiro atoms. The summed E-state index contributed by atoms with van der Waals surface area (Å²) < 4.78 is 0. The van der Waals surface area contributed by atoms with Gasteiger partial charge in [-0.05, 0) is 43.1 Å². The summed E-state index contributed by atoms with van der Waals surface area (Å²) in [6, 6.07) is -2.01. The molecule has 0 aliphatic rings. The Morgan fingerprint density at radius 3 is 1.78 bits per heavy atom. The number of amides is 3. The van der Waals surface area contributed by atoms with Crippen LogP contribution in [0.5, 0.6) is 0 Å². The maximum absolute atomic E-state index is 12.7. The Kier molecular flexibility index (Phi) is 12.8. The lowest BCUT2D eigenvalue weighted by atomic mass is 10.00. The van der Waals surface area contributed by atoms with Crippen molar-refractivity contribution in [3.8, 4) is 0 Å². The van der Waals surface area contributed by atoms with E-state index in [0.717, 1.165) is 12.0 Å². The minimum atomic E-state index is -0.752. The highest BCUT2D eigenvalue weighted by Crippen LogP contribution is 2.09. The van der Waals surface area contributed by atoms with Gasteiger partial charge < -0.3 is 20.7 Å². The molecule has 3 amide bonds. The molecule has 0 heterocycles. The second kappa shape index (κ2) is 13.6. The lowest BCUT2D eigenvalue weighted by Crippen LogP contribution is -2.55. The molecule has 0 rings (SSSR count). The zero-order chi connectivity index (χ0) is 21.0. The topological polar surface area (TPSA) is 104 Å². The SMILES string of the molecule is CSCC[C@@H](C=O)NC(=O)[C@@H](CC(C)C)NC(=O)[C@H](CC(C)C)NC(C)=O. The number of carbonyl (C=O) groups excluding carboxylic acids is 4. The number of carbonyl (C=O) groups is 4. The fraction of sp³-hybridized carbons (Fsp3) is 0.789. The van der Waals surface area contributed by atoms with Crippen molar-refractivity contribution in [3.05, 3.63) is 0 Å². The van der Waals surface area contributed by atoms with Gasteiger partial charge in [-0.1, -0.05) is 27.7 Å². The Morgan fingerprint density at radius 2 is 1.37 bits per heavy atom. The van der Waals surface area contributed by atoms with Crippen LogP contribution in [0, 0.1) is 11.8 Å². The van der Waals surface area contributed by atoms with Crippen LogP contribution in [0.15, 0.2) is 0 Å². The number of aldehydes is 1. The largest absolute Gasteiger partial charge is 0.345 e. The Bertz CT molecular complexity index is 497. The van der Waals surface area contributed by atoms with Crippen molar-refractivity contribution >= 4 is 35.8 Å². The smallest absolute Gasteiger partial charge is 0.243 e. The van der Waals surface area contributed by atoms with Crippen molar-refractivity contribution < 1.29 is 19.2 Å². The van der Waals surface area contributed by atoms with Crippen molar-refractivity contribution in [2.45, 2.75) is 72.0 Å². The van der Waals surface area contributed by atoms with Crippen LogP contribution >= 0.6 is 11.8 Å². The molecule has 7 nitrogen and oxygen atoms in total. The van der Waals surface area contributed by atoms with Crippen LogP contribution in [-0.4, -0.2) is 54.1 Å². The lowest BCUT2D eigenvalue weighted by molar-refractivity contribution is -0.133. The molecule has 8 heteroatoms. The molecular formula is C19H35N3O4S. The molecule has 0 bridgehead atoms. The second-order valence-corrected chi connectivity index (χ2v) is 8.59. The molecule has 3 N–H and O–H groups in total. The van der Waals surface area contributed by atoms with Crippen molar-refractivity contribution in [1.82, 2.24) is 16.0 Å². The summed E-state index contributed by atoms with van der Waals surface area (Å²) >= 11 is 1.60. The van der Waals surface area contributed by atoms with Gasteiger partial charge in [0.25, 0.3) is 0 Å². The molecule has 0 saturated carbocycles. The second-order valence-electron chi connectivity index (χ2n) is 7.61. The van der Waals surface area contributed by atoms with Crippen molar-refractivity contribution in [2.24, 2.45) is 11.8 Å². The number of hydrogen-bond donors (Lipinski definition) is 3. The third-order valence-electron chi connectivity index (χ3n) is 3.87. The Labute approximate surface area is 167 Å². The number of nitrogens with one attached hydrogen (secondary N) is 3. The summed E-state index contributed by atoms with van der Waals surface area (Å²) in [6.45, 7) is 9.19. The monoisotopic (exact) mass is 401 g/mol. The highest BCUT2D eigenvalue weighted by atomic mass is 32.2. The standard InChI is InChI=1S/C19H35N3O4S/c1-12(2)9-16(20-14(5)24)19(26)22-17(10-13(3)4)18(25)21-15(11-23)7-8-27-6/h11-13,15-17H,7-10H2,1-6H3,(H,20,24)(H,21,25)(H,22,26)/t15-,16-,17+/m0/s1. The van der Waals surface area contributed by atoms with Crippen LogP contribution in [-0.2, 0) is 19.2 Å². The lowest BCUT2D eigenvalue weighted by Gasteiger charge is -2.25. The quantitative estimate of drug-likeness (QED) is 0.406. The highest BCUT2D eigenvalue weighted by Gasteiger charge is 2.28. The van der Waals surface area contributed by atoms with Gasteiger partial charge in [0, 0.05) is 6.92 Å². The van der Waals surface area contributed by atoms with Gasteiger partial charge in [0.2, 0.25) is 17.7 Å². The van der Waals surface area contributed by atoms with E-state index in [0.29, 0.717) is 19.3 Å². The summed E-state index contributed by atoms with van der Waals surface area (Å²) in [7, 11) is 0. The van der Waals surface area contributed by atoms with Gasteiger partial charge in [-0.15, -0.1) is 0 Å². The van der Waals surface area contributed by atoms with Gasteiger partial charge in [-0.25, -0.2) is 0 Å². The Morgan fingerprint density at radius 1 is 0.889 bits per heavy atom. The average molecular weight is 402 g/mol. The van der Waals surface area contributed by atoms with Gasteiger partial charge >= 0.3 is 0 Å². The van der Waals surface area contributed by atoms with Crippen LogP contribution in [0.1, 0.15) is 53.9 Å².